The van der Waals surface area contributed by atoms with Crippen molar-refractivity contribution in [2.75, 3.05) is 33.9 Å². The zero-order valence-electron chi connectivity index (χ0n) is 33.6. The summed E-state index contributed by atoms with van der Waals surface area (Å²) in [6.07, 6.45) is 3.17. The van der Waals surface area contributed by atoms with Crippen LogP contribution in [0.1, 0.15) is 83.2 Å². The van der Waals surface area contributed by atoms with Crippen LogP contribution in [0.25, 0.3) is 44.2 Å². The van der Waals surface area contributed by atoms with Gasteiger partial charge in [-0.1, -0.05) is 32.0 Å². The third-order valence-corrected chi connectivity index (χ3v) is 11.3. The highest BCUT2D eigenvalue weighted by Gasteiger charge is 2.41. The Morgan fingerprint density at radius 3 is 2.58 bits per heavy atom. The van der Waals surface area contributed by atoms with Gasteiger partial charge in [0.1, 0.15) is 35.6 Å². The van der Waals surface area contributed by atoms with Crippen molar-refractivity contribution in [1.29, 1.82) is 0 Å². The molecule has 3 amide bonds. The van der Waals surface area contributed by atoms with Gasteiger partial charge in [0, 0.05) is 37.1 Å². The number of carbonyl (C=O) groups is 3. The number of likely N-dealkylation sites (tertiary alicyclic amines) is 2. The van der Waals surface area contributed by atoms with Crippen molar-refractivity contribution in [3.63, 3.8) is 0 Å². The number of fused-ring (bicyclic) bond motifs is 6. The van der Waals surface area contributed by atoms with Crippen LogP contribution >= 0.6 is 0 Å². The summed E-state index contributed by atoms with van der Waals surface area (Å²) in [6, 6.07) is 13.5. The molecule has 2 saturated heterocycles. The predicted molar refractivity (Wildman–Crippen MR) is 214 cm³/mol. The number of nitrogens with zero attached hydrogens (tertiary/aromatic N) is 4. The molecule has 3 N–H and O–H groups in total. The molecule has 5 aromatic rings. The molecule has 2 fully saturated rings. The van der Waals surface area contributed by atoms with Crippen molar-refractivity contribution in [1.82, 2.24) is 35.1 Å². The Labute approximate surface area is 331 Å². The van der Waals surface area contributed by atoms with Gasteiger partial charge in [-0.3, -0.25) is 9.69 Å². The summed E-state index contributed by atoms with van der Waals surface area (Å²) in [5.74, 6) is 2.15. The lowest BCUT2D eigenvalue weighted by atomic mass is 9.92. The number of imidazole rings is 2. The number of alkyl carbamates (subject to hydrolysis) is 1. The molecule has 3 aromatic carbocycles. The van der Waals surface area contributed by atoms with Gasteiger partial charge in [-0.15, -0.1) is 0 Å². The van der Waals surface area contributed by atoms with Crippen LogP contribution in [0, 0.1) is 11.8 Å². The summed E-state index contributed by atoms with van der Waals surface area (Å²) in [7, 11) is 2.98. The number of carbonyl (C=O) groups excluding carboxylic acids is 3. The van der Waals surface area contributed by atoms with Crippen LogP contribution in [0.5, 0.6) is 5.75 Å². The van der Waals surface area contributed by atoms with Gasteiger partial charge in [-0.2, -0.15) is 0 Å². The highest BCUT2D eigenvalue weighted by atomic mass is 16.6. The number of aromatic amines is 2. The summed E-state index contributed by atoms with van der Waals surface area (Å²) < 4.78 is 22.4. The average Bonchev–Trinajstić information content (AvgIpc) is 4.01. The molecule has 3 aliphatic rings. The second-order valence-corrected chi connectivity index (χ2v) is 16.7. The fourth-order valence-electron chi connectivity index (χ4n) is 8.54. The van der Waals surface area contributed by atoms with Crippen molar-refractivity contribution in [3.05, 3.63) is 65.9 Å². The van der Waals surface area contributed by atoms with E-state index in [4.69, 9.17) is 28.9 Å². The standard InChI is InChI=1S/C43H51N7O7/c1-23(2)36(48-41(52)55-7)40(51)49-14-8-9-33(49)38-44-19-32(46-38)26-10-12-28-27(16-26)22-56-35-18-29-25(17-30(28)35)11-13-31-37(29)47-39(45-31)34-15-24(21-54-6)20-50(34)42(53)57-43(3,4)5/h10-13,16-19,23-24,33-34,36H,8-9,14-15,20-22H2,1-7H3,(H,44,46)(H,45,47)(H,48,52)/t24-,33-,34-,36?/m0/s1. The minimum absolute atomic E-state index is 0.111. The molecule has 14 heteroatoms. The number of ether oxygens (including phenoxy) is 4. The van der Waals surface area contributed by atoms with Crippen molar-refractivity contribution in [2.24, 2.45) is 11.8 Å². The van der Waals surface area contributed by atoms with Gasteiger partial charge < -0.3 is 39.1 Å². The number of amides is 3. The van der Waals surface area contributed by atoms with Crippen molar-refractivity contribution in [3.8, 4) is 28.1 Å². The van der Waals surface area contributed by atoms with E-state index in [0.29, 0.717) is 26.3 Å². The topological polar surface area (TPSA) is 164 Å². The average molecular weight is 778 g/mol. The molecule has 0 aliphatic carbocycles. The minimum atomic E-state index is -0.695. The Morgan fingerprint density at radius 2 is 1.82 bits per heavy atom. The first-order valence-electron chi connectivity index (χ1n) is 19.7. The van der Waals surface area contributed by atoms with Gasteiger partial charge in [0.2, 0.25) is 5.91 Å². The van der Waals surface area contributed by atoms with Crippen LogP contribution in [0.15, 0.2) is 48.7 Å². The molecule has 300 valence electrons. The van der Waals surface area contributed by atoms with E-state index in [-0.39, 0.29) is 35.9 Å². The Bertz CT molecular complexity index is 2340. The lowest BCUT2D eigenvalue weighted by Crippen LogP contribution is -2.51. The van der Waals surface area contributed by atoms with E-state index in [1.54, 1.807) is 12.0 Å². The second-order valence-electron chi connectivity index (χ2n) is 16.7. The third-order valence-electron chi connectivity index (χ3n) is 11.3. The van der Waals surface area contributed by atoms with Crippen LogP contribution in [-0.4, -0.2) is 93.4 Å². The molecule has 0 saturated carbocycles. The normalized spacial score (nSPS) is 19.8. The first kappa shape index (κ1) is 38.3. The molecule has 57 heavy (non-hydrogen) atoms. The zero-order valence-corrected chi connectivity index (χ0v) is 33.6. The molecule has 0 bridgehead atoms. The second kappa shape index (κ2) is 15.0. The molecule has 0 radical (unpaired) electrons. The number of benzene rings is 3. The van der Waals surface area contributed by atoms with E-state index >= 15 is 0 Å². The van der Waals surface area contributed by atoms with Gasteiger partial charge in [0.15, 0.2) is 0 Å². The SMILES string of the molecule is COC[C@H]1C[C@@H](c2nc3ccc4cc5c(cc4c3[nH]2)OCc2cc(-c3cnc([C@@H]4CCCN4C(=O)C(NC(=O)OC)C(C)C)[nH]3)ccc2-5)N(C(=O)OC(C)(C)C)C1. The number of aromatic nitrogens is 4. The van der Waals surface area contributed by atoms with Crippen LogP contribution in [0.4, 0.5) is 9.59 Å². The van der Waals surface area contributed by atoms with Crippen molar-refractivity contribution < 1.29 is 33.3 Å². The van der Waals surface area contributed by atoms with E-state index in [9.17, 15) is 14.4 Å². The number of hydrogen-bond acceptors (Lipinski definition) is 9. The predicted octanol–water partition coefficient (Wildman–Crippen LogP) is 7.65. The Morgan fingerprint density at radius 1 is 1.00 bits per heavy atom. The fraction of sp³-hybridized carbons (Fsp3) is 0.465. The van der Waals surface area contributed by atoms with E-state index in [1.807, 2.05) is 51.8 Å². The molecule has 2 aromatic heterocycles. The maximum Gasteiger partial charge on any atom is 0.410 e. The summed E-state index contributed by atoms with van der Waals surface area (Å²) in [5, 5.41) is 4.74. The summed E-state index contributed by atoms with van der Waals surface area (Å²) in [5.41, 5.74) is 6.08. The highest BCUT2D eigenvalue weighted by molar-refractivity contribution is 6.07. The largest absolute Gasteiger partial charge is 0.488 e. The van der Waals surface area contributed by atoms with Crippen LogP contribution in [0.2, 0.25) is 0 Å². The molecule has 3 aliphatic heterocycles. The molecule has 8 rings (SSSR count). The number of methoxy groups -OCH3 is 2. The van der Waals surface area contributed by atoms with E-state index in [2.05, 4.69) is 51.7 Å². The monoisotopic (exact) mass is 777 g/mol. The fourth-order valence-corrected chi connectivity index (χ4v) is 8.54. The lowest BCUT2D eigenvalue weighted by molar-refractivity contribution is -0.135. The molecule has 1 unspecified atom stereocenters. The maximum atomic E-state index is 13.6. The van der Waals surface area contributed by atoms with E-state index in [1.165, 1.54) is 7.11 Å². The summed E-state index contributed by atoms with van der Waals surface area (Å²) in [6.45, 7) is 11.5. The van der Waals surface area contributed by atoms with Crippen molar-refractivity contribution >= 4 is 39.9 Å². The first-order valence-corrected chi connectivity index (χ1v) is 19.7. The van der Waals surface area contributed by atoms with Gasteiger partial charge in [0.05, 0.1) is 48.7 Å². The quantitative estimate of drug-likeness (QED) is 0.144. The minimum Gasteiger partial charge on any atom is -0.488 e. The Hall–Kier alpha value is -5.63. The first-order chi connectivity index (χ1) is 27.3. The Balaban J connectivity index is 1.04. The Kier molecular flexibility index (Phi) is 10.1. The molecule has 0 spiro atoms. The maximum absolute atomic E-state index is 13.6. The van der Waals surface area contributed by atoms with Gasteiger partial charge in [-0.25, -0.2) is 19.6 Å². The number of H-pyrrole nitrogens is 2. The van der Waals surface area contributed by atoms with Gasteiger partial charge >= 0.3 is 12.2 Å². The summed E-state index contributed by atoms with van der Waals surface area (Å²) in [4.78, 5) is 59.3. The van der Waals surface area contributed by atoms with Crippen LogP contribution in [0.3, 0.4) is 0 Å². The molecule has 14 nitrogen and oxygen atoms in total. The third kappa shape index (κ3) is 7.38. The number of nitrogens with one attached hydrogen (secondary N) is 3. The number of hydrogen-bond donors (Lipinski definition) is 3. The van der Waals surface area contributed by atoms with Crippen LogP contribution < -0.4 is 10.1 Å². The molecule has 5 heterocycles. The van der Waals surface area contributed by atoms with Gasteiger partial charge in [0.25, 0.3) is 0 Å². The smallest absolute Gasteiger partial charge is 0.410 e. The van der Waals surface area contributed by atoms with Gasteiger partial charge in [-0.05, 0) is 92.3 Å². The molecular weight excluding hydrogens is 727 g/mol. The van der Waals surface area contributed by atoms with Crippen molar-refractivity contribution in [2.45, 2.75) is 84.2 Å². The molecule has 4 atom stereocenters. The zero-order chi connectivity index (χ0) is 40.2. The highest BCUT2D eigenvalue weighted by Crippen LogP contribution is 2.44. The lowest BCUT2D eigenvalue weighted by Gasteiger charge is -2.30. The molecular formula is C43H51N7O7. The number of rotatable bonds is 8. The van der Waals surface area contributed by atoms with Crippen LogP contribution in [-0.2, 0) is 25.6 Å². The van der Waals surface area contributed by atoms with E-state index < -0.39 is 17.7 Å². The van der Waals surface area contributed by atoms with E-state index in [0.717, 1.165) is 86.4 Å². The summed E-state index contributed by atoms with van der Waals surface area (Å²) >= 11 is 0.